The quantitative estimate of drug-likeness (QED) is 0.917. The van der Waals surface area contributed by atoms with E-state index in [4.69, 9.17) is 4.52 Å². The Balaban J connectivity index is 1.52. The standard InChI is InChI=1S/C17H19N5O2/c1-12-9-15(24-21-12)10-16(23)20-14-4-7-22(8-5-14)17-13(11-18)3-2-6-19-17/h2-3,6,9,14H,4-5,7-8,10H2,1H3,(H,20,23). The van der Waals surface area contributed by atoms with Crippen LogP contribution in [0.3, 0.4) is 0 Å². The molecule has 0 atom stereocenters. The third kappa shape index (κ3) is 3.71. The molecule has 1 fully saturated rings. The topological polar surface area (TPSA) is 95.1 Å². The summed E-state index contributed by atoms with van der Waals surface area (Å²) < 4.78 is 5.07. The Bertz CT molecular complexity index is 756. The molecule has 0 unspecified atom stereocenters. The molecule has 1 N–H and O–H groups in total. The smallest absolute Gasteiger partial charge is 0.227 e. The number of piperidine rings is 1. The van der Waals surface area contributed by atoms with Crippen molar-refractivity contribution < 1.29 is 9.32 Å². The molecular formula is C17H19N5O2. The zero-order valence-electron chi connectivity index (χ0n) is 13.5. The number of hydrogen-bond acceptors (Lipinski definition) is 6. The molecule has 2 aromatic rings. The molecular weight excluding hydrogens is 306 g/mol. The summed E-state index contributed by atoms with van der Waals surface area (Å²) in [6.45, 7) is 3.35. The number of hydrogen-bond donors (Lipinski definition) is 1. The lowest BCUT2D eigenvalue weighted by Crippen LogP contribution is -2.45. The molecule has 1 aliphatic heterocycles. The van der Waals surface area contributed by atoms with Crippen molar-refractivity contribution >= 4 is 11.7 Å². The lowest BCUT2D eigenvalue weighted by atomic mass is 10.0. The predicted octanol–water partition coefficient (Wildman–Crippen LogP) is 1.58. The van der Waals surface area contributed by atoms with Gasteiger partial charge in [0.15, 0.2) is 0 Å². The first-order chi connectivity index (χ1) is 11.7. The van der Waals surface area contributed by atoms with Crippen LogP contribution < -0.4 is 10.2 Å². The van der Waals surface area contributed by atoms with Crippen molar-refractivity contribution in [3.63, 3.8) is 0 Å². The largest absolute Gasteiger partial charge is 0.361 e. The Morgan fingerprint density at radius 3 is 2.96 bits per heavy atom. The number of aryl methyl sites for hydroxylation is 1. The summed E-state index contributed by atoms with van der Waals surface area (Å²) in [7, 11) is 0. The number of rotatable bonds is 4. The van der Waals surface area contributed by atoms with Crippen molar-refractivity contribution in [1.82, 2.24) is 15.5 Å². The second kappa shape index (κ2) is 7.13. The van der Waals surface area contributed by atoms with Gasteiger partial charge in [0.1, 0.15) is 17.6 Å². The molecule has 1 amide bonds. The lowest BCUT2D eigenvalue weighted by Gasteiger charge is -2.33. The number of amides is 1. The van der Waals surface area contributed by atoms with E-state index >= 15 is 0 Å². The van der Waals surface area contributed by atoms with Crippen molar-refractivity contribution in [2.24, 2.45) is 0 Å². The van der Waals surface area contributed by atoms with Crippen LogP contribution in [0.4, 0.5) is 5.82 Å². The Morgan fingerprint density at radius 2 is 2.29 bits per heavy atom. The van der Waals surface area contributed by atoms with Gasteiger partial charge in [0.2, 0.25) is 5.91 Å². The molecule has 1 saturated heterocycles. The number of nitrogens with zero attached hydrogens (tertiary/aromatic N) is 4. The molecule has 3 rings (SSSR count). The first kappa shape index (κ1) is 16.0. The zero-order chi connectivity index (χ0) is 16.9. The van der Waals surface area contributed by atoms with E-state index in [1.165, 1.54) is 0 Å². The summed E-state index contributed by atoms with van der Waals surface area (Å²) in [6.07, 6.45) is 3.55. The maximum absolute atomic E-state index is 12.1. The second-order valence-corrected chi connectivity index (χ2v) is 5.93. The van der Waals surface area contributed by atoms with E-state index in [2.05, 4.69) is 26.4 Å². The molecule has 0 saturated carbocycles. The number of carbonyl (C=O) groups excluding carboxylic acids is 1. The number of aromatic nitrogens is 2. The Morgan fingerprint density at radius 1 is 1.50 bits per heavy atom. The summed E-state index contributed by atoms with van der Waals surface area (Å²) in [6, 6.07) is 7.61. The summed E-state index contributed by atoms with van der Waals surface area (Å²) >= 11 is 0. The average Bonchev–Trinajstić information content (AvgIpc) is 3.00. The van der Waals surface area contributed by atoms with Crippen molar-refractivity contribution in [2.45, 2.75) is 32.2 Å². The van der Waals surface area contributed by atoms with Crippen LogP contribution in [0.1, 0.15) is 29.9 Å². The highest BCUT2D eigenvalue weighted by Crippen LogP contribution is 2.21. The average molecular weight is 325 g/mol. The molecule has 0 aliphatic carbocycles. The molecule has 24 heavy (non-hydrogen) atoms. The minimum Gasteiger partial charge on any atom is -0.361 e. The molecule has 7 heteroatoms. The van der Waals surface area contributed by atoms with Gasteiger partial charge in [-0.1, -0.05) is 5.16 Å². The van der Waals surface area contributed by atoms with E-state index in [0.29, 0.717) is 11.3 Å². The monoisotopic (exact) mass is 325 g/mol. The minimum absolute atomic E-state index is 0.0554. The van der Waals surface area contributed by atoms with E-state index in [0.717, 1.165) is 37.4 Å². The zero-order valence-corrected chi connectivity index (χ0v) is 13.5. The van der Waals surface area contributed by atoms with Crippen LogP contribution in [0.25, 0.3) is 0 Å². The lowest BCUT2D eigenvalue weighted by molar-refractivity contribution is -0.121. The van der Waals surface area contributed by atoms with Crippen molar-refractivity contribution in [3.8, 4) is 6.07 Å². The Hall–Kier alpha value is -2.88. The van der Waals surface area contributed by atoms with E-state index < -0.39 is 0 Å². The van der Waals surface area contributed by atoms with Gasteiger partial charge in [0.25, 0.3) is 0 Å². The van der Waals surface area contributed by atoms with Crippen LogP contribution in [0, 0.1) is 18.3 Å². The third-order valence-corrected chi connectivity index (χ3v) is 4.08. The molecule has 2 aromatic heterocycles. The van der Waals surface area contributed by atoms with Gasteiger partial charge in [-0.3, -0.25) is 4.79 Å². The highest BCUT2D eigenvalue weighted by Gasteiger charge is 2.23. The minimum atomic E-state index is -0.0554. The summed E-state index contributed by atoms with van der Waals surface area (Å²) in [5.41, 5.74) is 1.36. The fourth-order valence-corrected chi connectivity index (χ4v) is 2.91. The predicted molar refractivity (Wildman–Crippen MR) is 87.3 cm³/mol. The highest BCUT2D eigenvalue weighted by molar-refractivity contribution is 5.78. The van der Waals surface area contributed by atoms with Crippen LogP contribution in [-0.2, 0) is 11.2 Å². The van der Waals surface area contributed by atoms with Gasteiger partial charge in [0.05, 0.1) is 17.7 Å². The normalized spacial score (nSPS) is 15.1. The van der Waals surface area contributed by atoms with E-state index in [1.54, 1.807) is 24.4 Å². The first-order valence-corrected chi connectivity index (χ1v) is 7.97. The van der Waals surface area contributed by atoms with Crippen molar-refractivity contribution in [2.75, 3.05) is 18.0 Å². The Labute approximate surface area is 140 Å². The van der Waals surface area contributed by atoms with Crippen molar-refractivity contribution in [3.05, 3.63) is 41.4 Å². The molecule has 0 aromatic carbocycles. The van der Waals surface area contributed by atoms with Crippen molar-refractivity contribution in [1.29, 1.82) is 5.26 Å². The fraction of sp³-hybridized carbons (Fsp3) is 0.412. The maximum Gasteiger partial charge on any atom is 0.227 e. The fourth-order valence-electron chi connectivity index (χ4n) is 2.91. The van der Waals surface area contributed by atoms with Gasteiger partial charge >= 0.3 is 0 Å². The molecule has 3 heterocycles. The summed E-state index contributed by atoms with van der Waals surface area (Å²) in [4.78, 5) is 18.5. The van der Waals surface area contributed by atoms with Gasteiger partial charge in [-0.2, -0.15) is 5.26 Å². The number of nitriles is 1. The van der Waals surface area contributed by atoms with Gasteiger partial charge in [-0.25, -0.2) is 4.98 Å². The summed E-state index contributed by atoms with van der Waals surface area (Å²) in [5.74, 6) is 1.25. The van der Waals surface area contributed by atoms with Crippen LogP contribution >= 0.6 is 0 Å². The van der Waals surface area contributed by atoms with E-state index in [1.807, 2.05) is 6.92 Å². The van der Waals surface area contributed by atoms with Gasteiger partial charge in [-0.05, 0) is 31.9 Å². The second-order valence-electron chi connectivity index (χ2n) is 5.93. The molecule has 124 valence electrons. The van der Waals surface area contributed by atoms with Crippen LogP contribution in [0.2, 0.25) is 0 Å². The maximum atomic E-state index is 12.1. The third-order valence-electron chi connectivity index (χ3n) is 4.08. The Kier molecular flexibility index (Phi) is 4.75. The van der Waals surface area contributed by atoms with E-state index in [-0.39, 0.29) is 18.4 Å². The number of carbonyl (C=O) groups is 1. The van der Waals surface area contributed by atoms with Crippen LogP contribution in [0.15, 0.2) is 28.9 Å². The van der Waals surface area contributed by atoms with Gasteiger partial charge < -0.3 is 14.7 Å². The summed E-state index contributed by atoms with van der Waals surface area (Å²) in [5, 5.41) is 16.0. The molecule has 1 aliphatic rings. The molecule has 0 spiro atoms. The molecule has 0 bridgehead atoms. The van der Waals surface area contributed by atoms with Crippen LogP contribution in [0.5, 0.6) is 0 Å². The van der Waals surface area contributed by atoms with E-state index in [9.17, 15) is 10.1 Å². The SMILES string of the molecule is Cc1cc(CC(=O)NC2CCN(c3ncccc3C#N)CC2)on1. The van der Waals surface area contributed by atoms with Gasteiger partial charge in [-0.15, -0.1) is 0 Å². The number of anilines is 1. The van der Waals surface area contributed by atoms with Crippen LogP contribution in [-0.4, -0.2) is 35.2 Å². The van der Waals surface area contributed by atoms with Gasteiger partial charge in [0, 0.05) is 31.4 Å². The number of pyridine rings is 1. The molecule has 0 radical (unpaired) electrons. The molecule has 7 nitrogen and oxygen atoms in total. The number of nitrogens with one attached hydrogen (secondary N) is 1. The highest BCUT2D eigenvalue weighted by atomic mass is 16.5. The first-order valence-electron chi connectivity index (χ1n) is 7.97.